The van der Waals surface area contributed by atoms with Gasteiger partial charge in [-0.2, -0.15) is 0 Å². The number of hydrogen-bond acceptors (Lipinski definition) is 4. The summed E-state index contributed by atoms with van der Waals surface area (Å²) in [6.45, 7) is 10.6. The van der Waals surface area contributed by atoms with E-state index in [4.69, 9.17) is 0 Å². The molecule has 0 unspecified atom stereocenters. The van der Waals surface area contributed by atoms with Crippen LogP contribution in [0.3, 0.4) is 0 Å². The molecule has 0 aliphatic carbocycles. The number of aryl methyl sites for hydroxylation is 1. The summed E-state index contributed by atoms with van der Waals surface area (Å²) in [7, 11) is 0. The maximum absolute atomic E-state index is 9.65. The van der Waals surface area contributed by atoms with Gasteiger partial charge in [-0.05, 0) is 49.6 Å². The van der Waals surface area contributed by atoms with Gasteiger partial charge in [0.15, 0.2) is 0 Å². The Morgan fingerprint density at radius 3 is 2.41 bits per heavy atom. The molecule has 1 N–H and O–H groups in total. The molecule has 2 aromatic rings. The lowest BCUT2D eigenvalue weighted by molar-refractivity contribution is 0.125. The van der Waals surface area contributed by atoms with Crippen molar-refractivity contribution in [3.8, 4) is 5.75 Å². The van der Waals surface area contributed by atoms with Gasteiger partial charge in [-0.25, -0.2) is 4.98 Å². The van der Waals surface area contributed by atoms with E-state index in [0.29, 0.717) is 5.69 Å². The van der Waals surface area contributed by atoms with Gasteiger partial charge in [0.2, 0.25) is 0 Å². The van der Waals surface area contributed by atoms with E-state index in [9.17, 15) is 5.11 Å². The van der Waals surface area contributed by atoms with Crippen molar-refractivity contribution in [3.05, 3.63) is 66.0 Å². The summed E-state index contributed by atoms with van der Waals surface area (Å²) in [5.74, 6) is 0.208. The van der Waals surface area contributed by atoms with E-state index in [0.717, 1.165) is 38.2 Å². The highest BCUT2D eigenvalue weighted by Gasteiger charge is 2.16. The van der Waals surface area contributed by atoms with Gasteiger partial charge in [0, 0.05) is 38.4 Å². The Labute approximate surface area is 163 Å². The Kier molecular flexibility index (Phi) is 7.43. The summed E-state index contributed by atoms with van der Waals surface area (Å²) in [5, 5.41) is 9.65. The molecule has 1 aromatic carbocycles. The van der Waals surface area contributed by atoms with Crippen molar-refractivity contribution in [1.82, 2.24) is 14.8 Å². The molecule has 1 aliphatic heterocycles. The fourth-order valence-corrected chi connectivity index (χ4v) is 3.63. The van der Waals surface area contributed by atoms with Crippen LogP contribution in [0.4, 0.5) is 0 Å². The fourth-order valence-electron chi connectivity index (χ4n) is 3.63. The SMILES string of the molecule is C=Cc1nc(CCCCCN2CCN(Cc3ccccc3)CC2)ccc1O. The lowest BCUT2D eigenvalue weighted by Crippen LogP contribution is -2.46. The van der Waals surface area contributed by atoms with E-state index in [1.165, 1.54) is 38.0 Å². The lowest BCUT2D eigenvalue weighted by Gasteiger charge is -2.34. The van der Waals surface area contributed by atoms with Crippen LogP contribution in [0.5, 0.6) is 5.75 Å². The van der Waals surface area contributed by atoms with E-state index in [-0.39, 0.29) is 5.75 Å². The Hall–Kier alpha value is -2.17. The van der Waals surface area contributed by atoms with Gasteiger partial charge < -0.3 is 10.0 Å². The van der Waals surface area contributed by atoms with Gasteiger partial charge in [0.25, 0.3) is 0 Å². The fraction of sp³-hybridized carbons (Fsp3) is 0.435. The summed E-state index contributed by atoms with van der Waals surface area (Å²) in [6.07, 6.45) is 6.17. The molecule has 0 atom stereocenters. The van der Waals surface area contributed by atoms with E-state index < -0.39 is 0 Å². The van der Waals surface area contributed by atoms with Crippen molar-refractivity contribution in [2.24, 2.45) is 0 Å². The third-order valence-corrected chi connectivity index (χ3v) is 5.27. The second kappa shape index (κ2) is 10.2. The monoisotopic (exact) mass is 365 g/mol. The van der Waals surface area contributed by atoms with Crippen LogP contribution in [0.25, 0.3) is 6.08 Å². The zero-order valence-corrected chi connectivity index (χ0v) is 16.2. The van der Waals surface area contributed by atoms with Gasteiger partial charge in [-0.1, -0.05) is 43.3 Å². The number of unbranched alkanes of at least 4 members (excludes halogenated alkanes) is 2. The molecule has 2 heterocycles. The van der Waals surface area contributed by atoms with Crippen LogP contribution < -0.4 is 0 Å². The first-order chi connectivity index (χ1) is 13.2. The molecule has 4 nitrogen and oxygen atoms in total. The molecule has 1 fully saturated rings. The van der Waals surface area contributed by atoms with Crippen LogP contribution in [-0.2, 0) is 13.0 Å². The van der Waals surface area contributed by atoms with Crippen molar-refractivity contribution in [2.45, 2.75) is 32.2 Å². The third-order valence-electron chi connectivity index (χ3n) is 5.27. The standard InChI is InChI=1S/C23H31N3O/c1-2-22-23(27)13-12-21(24-22)11-7-4-8-14-25-15-17-26(18-16-25)19-20-9-5-3-6-10-20/h2-3,5-6,9-10,12-13,27H,1,4,7-8,11,14-19H2. The Bertz CT molecular complexity index is 709. The number of piperazine rings is 1. The molecule has 27 heavy (non-hydrogen) atoms. The Balaban J connectivity index is 1.29. The van der Waals surface area contributed by atoms with Gasteiger partial charge in [0.1, 0.15) is 11.4 Å². The normalized spacial score (nSPS) is 15.7. The number of nitrogens with zero attached hydrogens (tertiary/aromatic N) is 3. The average molecular weight is 366 g/mol. The van der Waals surface area contributed by atoms with Crippen LogP contribution in [-0.4, -0.2) is 52.6 Å². The van der Waals surface area contributed by atoms with Gasteiger partial charge >= 0.3 is 0 Å². The van der Waals surface area contributed by atoms with Crippen molar-refractivity contribution >= 4 is 6.08 Å². The van der Waals surface area contributed by atoms with Crippen LogP contribution >= 0.6 is 0 Å². The van der Waals surface area contributed by atoms with Crippen LogP contribution in [0.2, 0.25) is 0 Å². The predicted molar refractivity (Wildman–Crippen MR) is 112 cm³/mol. The van der Waals surface area contributed by atoms with E-state index in [1.807, 2.05) is 6.07 Å². The largest absolute Gasteiger partial charge is 0.506 e. The van der Waals surface area contributed by atoms with Crippen molar-refractivity contribution in [2.75, 3.05) is 32.7 Å². The quantitative estimate of drug-likeness (QED) is 0.683. The molecule has 0 bridgehead atoms. The van der Waals surface area contributed by atoms with Crippen molar-refractivity contribution in [1.29, 1.82) is 0 Å². The first-order valence-electron chi connectivity index (χ1n) is 10.0. The predicted octanol–water partition coefficient (Wildman–Crippen LogP) is 3.96. The maximum atomic E-state index is 9.65. The minimum absolute atomic E-state index is 0.208. The average Bonchev–Trinajstić information content (AvgIpc) is 2.71. The Morgan fingerprint density at radius 2 is 1.67 bits per heavy atom. The first-order valence-corrected chi connectivity index (χ1v) is 10.0. The molecule has 144 valence electrons. The minimum atomic E-state index is 0.208. The molecule has 1 aliphatic rings. The highest BCUT2D eigenvalue weighted by Crippen LogP contribution is 2.17. The lowest BCUT2D eigenvalue weighted by atomic mass is 10.1. The molecule has 1 aromatic heterocycles. The van der Waals surface area contributed by atoms with Crippen LogP contribution in [0, 0.1) is 0 Å². The summed E-state index contributed by atoms with van der Waals surface area (Å²) >= 11 is 0. The molecule has 0 saturated carbocycles. The zero-order chi connectivity index (χ0) is 18.9. The second-order valence-corrected chi connectivity index (χ2v) is 7.33. The number of rotatable bonds is 9. The number of aromatic nitrogens is 1. The maximum Gasteiger partial charge on any atom is 0.141 e. The molecular weight excluding hydrogens is 334 g/mol. The van der Waals surface area contributed by atoms with E-state index in [1.54, 1.807) is 12.1 Å². The molecule has 3 rings (SSSR count). The third kappa shape index (κ3) is 6.19. The minimum Gasteiger partial charge on any atom is -0.506 e. The van der Waals surface area contributed by atoms with Gasteiger partial charge in [-0.3, -0.25) is 4.90 Å². The van der Waals surface area contributed by atoms with E-state index in [2.05, 4.69) is 51.7 Å². The molecule has 0 amide bonds. The topological polar surface area (TPSA) is 39.6 Å². The molecule has 4 heteroatoms. The number of aromatic hydroxyl groups is 1. The summed E-state index contributed by atoms with van der Waals surface area (Å²) in [4.78, 5) is 9.59. The number of hydrogen-bond donors (Lipinski definition) is 1. The second-order valence-electron chi connectivity index (χ2n) is 7.33. The van der Waals surface area contributed by atoms with Crippen LogP contribution in [0.15, 0.2) is 49.0 Å². The Morgan fingerprint density at radius 1 is 0.926 bits per heavy atom. The molecule has 0 spiro atoms. The number of pyridine rings is 1. The smallest absolute Gasteiger partial charge is 0.141 e. The van der Waals surface area contributed by atoms with Crippen LogP contribution in [0.1, 0.15) is 36.2 Å². The summed E-state index contributed by atoms with van der Waals surface area (Å²) in [6, 6.07) is 14.4. The number of benzene rings is 1. The van der Waals surface area contributed by atoms with E-state index >= 15 is 0 Å². The molecular formula is C23H31N3O. The van der Waals surface area contributed by atoms with Crippen molar-refractivity contribution in [3.63, 3.8) is 0 Å². The summed E-state index contributed by atoms with van der Waals surface area (Å²) < 4.78 is 0. The van der Waals surface area contributed by atoms with Gasteiger partial charge in [-0.15, -0.1) is 0 Å². The summed E-state index contributed by atoms with van der Waals surface area (Å²) in [5.41, 5.74) is 3.03. The molecule has 1 saturated heterocycles. The van der Waals surface area contributed by atoms with Crippen molar-refractivity contribution < 1.29 is 5.11 Å². The first kappa shape index (κ1) is 19.6. The highest BCUT2D eigenvalue weighted by atomic mass is 16.3. The highest BCUT2D eigenvalue weighted by molar-refractivity contribution is 5.50. The zero-order valence-electron chi connectivity index (χ0n) is 16.2. The molecule has 0 radical (unpaired) electrons. The van der Waals surface area contributed by atoms with Gasteiger partial charge in [0.05, 0.1) is 0 Å².